The summed E-state index contributed by atoms with van der Waals surface area (Å²) in [7, 11) is 0. The predicted molar refractivity (Wildman–Crippen MR) is 125 cm³/mol. The maximum atomic E-state index is 4.30. The van der Waals surface area contributed by atoms with E-state index in [1.807, 2.05) is 18.5 Å². The van der Waals surface area contributed by atoms with Crippen LogP contribution in [0.5, 0.6) is 0 Å². The monoisotopic (exact) mass is 408 g/mol. The van der Waals surface area contributed by atoms with E-state index < -0.39 is 0 Å². The number of hydrogen-bond donors (Lipinski definition) is 0. The van der Waals surface area contributed by atoms with Gasteiger partial charge in [0.15, 0.2) is 0 Å². The summed E-state index contributed by atoms with van der Waals surface area (Å²) in [5, 5.41) is 0. The van der Waals surface area contributed by atoms with Gasteiger partial charge in [0, 0.05) is 57.7 Å². The fraction of sp³-hybridized carbons (Fsp3) is 0.654. The van der Waals surface area contributed by atoms with Gasteiger partial charge in [0.2, 0.25) is 0 Å². The van der Waals surface area contributed by atoms with Crippen LogP contribution >= 0.6 is 0 Å². The average molecular weight is 409 g/mol. The molecular weight excluding hydrogens is 368 g/mol. The topological polar surface area (TPSA) is 22.6 Å². The lowest BCUT2D eigenvalue weighted by Gasteiger charge is -2.41. The third-order valence-electron chi connectivity index (χ3n) is 7.42. The number of rotatable bonds is 4. The predicted octanol–water partition coefficient (Wildman–Crippen LogP) is 4.91. The van der Waals surface area contributed by atoms with Crippen LogP contribution in [0, 0.1) is 11.3 Å². The molecule has 0 amide bonds. The summed E-state index contributed by atoms with van der Waals surface area (Å²) in [5.41, 5.74) is 1.75. The fourth-order valence-corrected chi connectivity index (χ4v) is 5.54. The van der Waals surface area contributed by atoms with E-state index in [2.05, 4.69) is 64.7 Å². The Morgan fingerprint density at radius 1 is 1.03 bits per heavy atom. The summed E-state index contributed by atoms with van der Waals surface area (Å²) in [6, 6.07) is 5.02. The van der Waals surface area contributed by atoms with Crippen LogP contribution in [0.2, 0.25) is 0 Å². The van der Waals surface area contributed by atoms with Gasteiger partial charge >= 0.3 is 0 Å². The number of allylic oxidation sites excluding steroid dienone is 2. The minimum atomic E-state index is 0.471. The molecule has 0 unspecified atom stereocenters. The summed E-state index contributed by atoms with van der Waals surface area (Å²) in [5.74, 6) is 2.29. The SMILES string of the molecule is CC(C)(C)C1CCC(N2CCCN(C3=CC=CCN3Cc3cccnc3)CC2)CC1. The average Bonchev–Trinajstić information content (AvgIpc) is 3.01. The highest BCUT2D eigenvalue weighted by Crippen LogP contribution is 2.39. The molecule has 4 rings (SSSR count). The minimum Gasteiger partial charge on any atom is -0.357 e. The van der Waals surface area contributed by atoms with Gasteiger partial charge in [-0.05, 0) is 61.1 Å². The zero-order valence-electron chi connectivity index (χ0n) is 19.3. The third kappa shape index (κ3) is 5.26. The van der Waals surface area contributed by atoms with E-state index in [0.717, 1.165) is 38.1 Å². The molecule has 3 aliphatic rings. The van der Waals surface area contributed by atoms with Crippen molar-refractivity contribution in [2.45, 2.75) is 65.5 Å². The lowest BCUT2D eigenvalue weighted by atomic mass is 9.71. The summed E-state index contributed by atoms with van der Waals surface area (Å²) in [6.45, 7) is 13.9. The first-order valence-electron chi connectivity index (χ1n) is 12.0. The van der Waals surface area contributed by atoms with Crippen LogP contribution in [0.25, 0.3) is 0 Å². The second-order valence-corrected chi connectivity index (χ2v) is 10.4. The molecule has 3 heterocycles. The standard InChI is InChI=1S/C26H40N4/c1-26(2,3)23-10-12-24(13-11-23)28-16-7-17-29(19-18-28)25-9-4-5-15-30(25)21-22-8-6-14-27-20-22/h4-6,8-9,14,20,23-24H,7,10-13,15-19,21H2,1-3H3. The van der Waals surface area contributed by atoms with Gasteiger partial charge in [0.1, 0.15) is 5.82 Å². The van der Waals surface area contributed by atoms with Crippen LogP contribution < -0.4 is 0 Å². The fourth-order valence-electron chi connectivity index (χ4n) is 5.54. The highest BCUT2D eigenvalue weighted by Gasteiger charge is 2.32. The first-order chi connectivity index (χ1) is 14.5. The molecule has 0 spiro atoms. The zero-order valence-corrected chi connectivity index (χ0v) is 19.3. The Hall–Kier alpha value is -1.81. The Labute approximate surface area is 183 Å². The smallest absolute Gasteiger partial charge is 0.104 e. The van der Waals surface area contributed by atoms with Crippen molar-refractivity contribution in [2.75, 3.05) is 32.7 Å². The van der Waals surface area contributed by atoms with Gasteiger partial charge < -0.3 is 9.80 Å². The molecule has 1 aromatic heterocycles. The van der Waals surface area contributed by atoms with Gasteiger partial charge in [0.25, 0.3) is 0 Å². The van der Waals surface area contributed by atoms with Crippen molar-refractivity contribution in [3.05, 3.63) is 54.1 Å². The highest BCUT2D eigenvalue weighted by atomic mass is 15.3. The highest BCUT2D eigenvalue weighted by molar-refractivity contribution is 5.20. The van der Waals surface area contributed by atoms with Crippen LogP contribution in [0.3, 0.4) is 0 Å². The Morgan fingerprint density at radius 3 is 2.60 bits per heavy atom. The largest absolute Gasteiger partial charge is 0.357 e. The molecule has 0 bridgehead atoms. The van der Waals surface area contributed by atoms with Crippen molar-refractivity contribution in [1.82, 2.24) is 19.7 Å². The number of aromatic nitrogens is 1. The van der Waals surface area contributed by atoms with E-state index in [4.69, 9.17) is 0 Å². The summed E-state index contributed by atoms with van der Waals surface area (Å²) < 4.78 is 0. The summed E-state index contributed by atoms with van der Waals surface area (Å²) in [6.07, 6.45) is 17.5. The number of nitrogens with zero attached hydrogens (tertiary/aromatic N) is 4. The van der Waals surface area contributed by atoms with Gasteiger partial charge in [-0.15, -0.1) is 0 Å². The Morgan fingerprint density at radius 2 is 1.87 bits per heavy atom. The molecule has 1 aromatic rings. The van der Waals surface area contributed by atoms with Crippen LogP contribution in [-0.2, 0) is 6.54 Å². The van der Waals surface area contributed by atoms with Crippen LogP contribution in [-0.4, -0.2) is 58.4 Å². The van der Waals surface area contributed by atoms with Gasteiger partial charge in [0.05, 0.1) is 0 Å². The van der Waals surface area contributed by atoms with E-state index in [9.17, 15) is 0 Å². The molecule has 0 atom stereocenters. The van der Waals surface area contributed by atoms with Crippen molar-refractivity contribution in [2.24, 2.45) is 11.3 Å². The molecule has 0 aromatic carbocycles. The second kappa shape index (κ2) is 9.55. The molecule has 2 fully saturated rings. The molecular formula is C26H40N4. The molecule has 0 radical (unpaired) electrons. The van der Waals surface area contributed by atoms with Crippen molar-refractivity contribution in [1.29, 1.82) is 0 Å². The molecule has 4 heteroatoms. The van der Waals surface area contributed by atoms with Crippen molar-refractivity contribution >= 4 is 0 Å². The zero-order chi connectivity index (χ0) is 21.0. The second-order valence-electron chi connectivity index (χ2n) is 10.4. The van der Waals surface area contributed by atoms with Crippen molar-refractivity contribution in [3.8, 4) is 0 Å². The summed E-state index contributed by atoms with van der Waals surface area (Å²) in [4.78, 5) is 12.2. The maximum absolute atomic E-state index is 4.30. The Balaban J connectivity index is 1.34. The molecule has 1 saturated carbocycles. The van der Waals surface area contributed by atoms with Crippen LogP contribution in [0.1, 0.15) is 58.4 Å². The first-order valence-corrected chi connectivity index (χ1v) is 12.0. The van der Waals surface area contributed by atoms with Crippen molar-refractivity contribution in [3.63, 3.8) is 0 Å². The van der Waals surface area contributed by atoms with E-state index in [0.29, 0.717) is 5.41 Å². The van der Waals surface area contributed by atoms with Gasteiger partial charge in [-0.1, -0.05) is 39.0 Å². The number of hydrogen-bond acceptors (Lipinski definition) is 4. The van der Waals surface area contributed by atoms with Crippen LogP contribution in [0.15, 0.2) is 48.6 Å². The van der Waals surface area contributed by atoms with Gasteiger partial charge in [-0.25, -0.2) is 0 Å². The third-order valence-corrected chi connectivity index (χ3v) is 7.42. The minimum absolute atomic E-state index is 0.471. The van der Waals surface area contributed by atoms with E-state index in [1.54, 1.807) is 0 Å². The number of pyridine rings is 1. The Bertz CT molecular complexity index is 725. The van der Waals surface area contributed by atoms with E-state index in [-0.39, 0.29) is 0 Å². The maximum Gasteiger partial charge on any atom is 0.104 e. The molecule has 0 N–H and O–H groups in total. The first kappa shape index (κ1) is 21.4. The summed E-state index contributed by atoms with van der Waals surface area (Å²) >= 11 is 0. The quantitative estimate of drug-likeness (QED) is 0.706. The molecule has 2 aliphatic heterocycles. The molecule has 30 heavy (non-hydrogen) atoms. The molecule has 164 valence electrons. The normalized spacial score (nSPS) is 26.4. The van der Waals surface area contributed by atoms with Gasteiger partial charge in [-0.2, -0.15) is 0 Å². The molecule has 1 aliphatic carbocycles. The van der Waals surface area contributed by atoms with Crippen molar-refractivity contribution < 1.29 is 0 Å². The van der Waals surface area contributed by atoms with E-state index >= 15 is 0 Å². The van der Waals surface area contributed by atoms with E-state index in [1.165, 1.54) is 56.6 Å². The van der Waals surface area contributed by atoms with Gasteiger partial charge in [-0.3, -0.25) is 9.88 Å². The van der Waals surface area contributed by atoms with Crippen LogP contribution in [0.4, 0.5) is 0 Å². The lowest BCUT2D eigenvalue weighted by molar-refractivity contribution is 0.0973. The molecule has 1 saturated heterocycles. The lowest BCUT2D eigenvalue weighted by Crippen LogP contribution is -2.42. The molecule has 4 nitrogen and oxygen atoms in total. The Kier molecular flexibility index (Phi) is 6.82.